The van der Waals surface area contributed by atoms with Gasteiger partial charge in [0.2, 0.25) is 0 Å². The molecule has 4 nitrogen and oxygen atoms in total. The highest BCUT2D eigenvalue weighted by Crippen LogP contribution is 2.28. The van der Waals surface area contributed by atoms with E-state index in [-0.39, 0.29) is 0 Å². The Labute approximate surface area is 191 Å². The number of hydrogen-bond donors (Lipinski definition) is 1. The van der Waals surface area contributed by atoms with Gasteiger partial charge in [-0.2, -0.15) is 0 Å². The van der Waals surface area contributed by atoms with Gasteiger partial charge in [-0.25, -0.2) is 0 Å². The molecule has 0 atom stereocenters. The number of thiocarbonyl (C=S) groups is 1. The second kappa shape index (κ2) is 10.2. The highest BCUT2D eigenvalue weighted by molar-refractivity contribution is 7.80. The predicted molar refractivity (Wildman–Crippen MR) is 134 cm³/mol. The molecule has 4 rings (SSSR count). The topological polar surface area (TPSA) is 29.4 Å². The monoisotopic (exact) mass is 435 g/mol. The maximum atomic E-state index is 5.96. The summed E-state index contributed by atoms with van der Waals surface area (Å²) in [5.74, 6) is 0.885. The van der Waals surface area contributed by atoms with E-state index in [0.717, 1.165) is 29.6 Å². The van der Waals surface area contributed by atoms with Gasteiger partial charge in [-0.15, -0.1) is 0 Å². The van der Waals surface area contributed by atoms with Crippen LogP contribution in [0.1, 0.15) is 51.5 Å². The molecule has 0 saturated heterocycles. The van der Waals surface area contributed by atoms with Crippen molar-refractivity contribution >= 4 is 33.9 Å². The molecule has 0 amide bonds. The predicted octanol–water partition coefficient (Wildman–Crippen LogP) is 6.59. The van der Waals surface area contributed by atoms with Crippen LogP contribution in [0.15, 0.2) is 54.7 Å². The van der Waals surface area contributed by atoms with Gasteiger partial charge in [0.1, 0.15) is 5.75 Å². The van der Waals surface area contributed by atoms with Crippen LogP contribution in [-0.2, 0) is 13.1 Å². The molecule has 164 valence electrons. The fourth-order valence-corrected chi connectivity index (χ4v) is 4.98. The van der Waals surface area contributed by atoms with Gasteiger partial charge < -0.3 is 19.5 Å². The molecule has 5 heteroatoms. The van der Waals surface area contributed by atoms with Crippen molar-refractivity contribution in [2.75, 3.05) is 11.9 Å². The third-order valence-corrected chi connectivity index (χ3v) is 6.58. The summed E-state index contributed by atoms with van der Waals surface area (Å²) in [5, 5.41) is 5.63. The molecular formula is C26H33N3OS. The van der Waals surface area contributed by atoms with E-state index in [0.29, 0.717) is 12.6 Å². The SMILES string of the molecule is CCOc1ccc(NC(=S)N(Cc2cn(CC)c3ccccc23)C2CCCCC2)cc1. The molecule has 0 unspecified atom stereocenters. The number of fused-ring (bicyclic) bond motifs is 1. The van der Waals surface area contributed by atoms with Gasteiger partial charge in [-0.3, -0.25) is 0 Å². The number of anilines is 1. The fourth-order valence-electron chi connectivity index (χ4n) is 4.65. The summed E-state index contributed by atoms with van der Waals surface area (Å²) in [6.07, 6.45) is 8.61. The van der Waals surface area contributed by atoms with E-state index in [1.807, 2.05) is 31.2 Å². The van der Waals surface area contributed by atoms with Crippen LogP contribution in [0.5, 0.6) is 5.75 Å². The summed E-state index contributed by atoms with van der Waals surface area (Å²) in [6.45, 7) is 6.68. The first-order valence-electron chi connectivity index (χ1n) is 11.6. The van der Waals surface area contributed by atoms with Gasteiger partial charge in [0.15, 0.2) is 5.11 Å². The second-order valence-corrected chi connectivity index (χ2v) is 8.65. The molecule has 1 aliphatic rings. The van der Waals surface area contributed by atoms with Crippen LogP contribution in [0.4, 0.5) is 5.69 Å². The van der Waals surface area contributed by atoms with Gasteiger partial charge in [-0.05, 0) is 74.8 Å². The normalized spacial score (nSPS) is 14.5. The zero-order chi connectivity index (χ0) is 21.6. The average Bonchev–Trinajstić information content (AvgIpc) is 3.17. The zero-order valence-electron chi connectivity index (χ0n) is 18.6. The maximum Gasteiger partial charge on any atom is 0.173 e. The van der Waals surface area contributed by atoms with Crippen LogP contribution in [0.25, 0.3) is 10.9 Å². The Morgan fingerprint density at radius 3 is 2.52 bits per heavy atom. The summed E-state index contributed by atoms with van der Waals surface area (Å²) in [6, 6.07) is 17.3. The number of nitrogens with zero attached hydrogens (tertiary/aromatic N) is 2. The minimum atomic E-state index is 0.486. The van der Waals surface area contributed by atoms with Crippen LogP contribution in [0.2, 0.25) is 0 Å². The molecule has 1 heterocycles. The van der Waals surface area contributed by atoms with E-state index in [1.54, 1.807) is 0 Å². The van der Waals surface area contributed by atoms with Gasteiger partial charge in [0.05, 0.1) is 6.61 Å². The lowest BCUT2D eigenvalue weighted by atomic mass is 9.94. The first kappa shape index (κ1) is 21.7. The smallest absolute Gasteiger partial charge is 0.173 e. The quantitative estimate of drug-likeness (QED) is 0.424. The van der Waals surface area contributed by atoms with Crippen LogP contribution >= 0.6 is 12.2 Å². The largest absolute Gasteiger partial charge is 0.494 e. The molecule has 0 spiro atoms. The molecule has 1 saturated carbocycles. The van der Waals surface area contributed by atoms with Gasteiger partial charge in [-0.1, -0.05) is 37.5 Å². The number of aryl methyl sites for hydroxylation is 1. The summed E-state index contributed by atoms with van der Waals surface area (Å²) in [4.78, 5) is 2.42. The number of hydrogen-bond acceptors (Lipinski definition) is 2. The van der Waals surface area contributed by atoms with Crippen LogP contribution in [0.3, 0.4) is 0 Å². The van der Waals surface area contributed by atoms with Crippen molar-refractivity contribution in [2.24, 2.45) is 0 Å². The second-order valence-electron chi connectivity index (χ2n) is 8.26. The third-order valence-electron chi connectivity index (χ3n) is 6.25. The van der Waals surface area contributed by atoms with Crippen molar-refractivity contribution in [1.29, 1.82) is 0 Å². The van der Waals surface area contributed by atoms with E-state index in [2.05, 4.69) is 52.2 Å². The molecule has 1 fully saturated rings. The minimum Gasteiger partial charge on any atom is -0.494 e. The highest BCUT2D eigenvalue weighted by Gasteiger charge is 2.25. The van der Waals surface area contributed by atoms with E-state index >= 15 is 0 Å². The molecule has 1 aliphatic carbocycles. The summed E-state index contributed by atoms with van der Waals surface area (Å²) < 4.78 is 7.91. The maximum absolute atomic E-state index is 5.96. The number of para-hydroxylation sites is 1. The molecular weight excluding hydrogens is 402 g/mol. The number of nitrogens with one attached hydrogen (secondary N) is 1. The average molecular weight is 436 g/mol. The summed E-state index contributed by atoms with van der Waals surface area (Å²) in [5.41, 5.74) is 3.65. The van der Waals surface area contributed by atoms with Gasteiger partial charge in [0.25, 0.3) is 0 Å². The molecule has 3 aromatic rings. The van der Waals surface area contributed by atoms with Crippen molar-refractivity contribution in [2.45, 2.75) is 65.1 Å². The van der Waals surface area contributed by atoms with Crippen LogP contribution in [0, 0.1) is 0 Å². The molecule has 0 aliphatic heterocycles. The van der Waals surface area contributed by atoms with E-state index < -0.39 is 0 Å². The Bertz CT molecular complexity index is 1010. The number of rotatable bonds is 7. The van der Waals surface area contributed by atoms with Crippen LogP contribution in [-0.4, -0.2) is 27.2 Å². The molecule has 1 aromatic heterocycles. The van der Waals surface area contributed by atoms with E-state index in [9.17, 15) is 0 Å². The molecule has 2 aromatic carbocycles. The Kier molecular flexibility index (Phi) is 7.13. The molecule has 1 N–H and O–H groups in total. The molecule has 0 bridgehead atoms. The number of benzene rings is 2. The fraction of sp³-hybridized carbons (Fsp3) is 0.423. The van der Waals surface area contributed by atoms with Crippen molar-refractivity contribution in [3.8, 4) is 5.75 Å². The summed E-state index contributed by atoms with van der Waals surface area (Å²) in [7, 11) is 0. The minimum absolute atomic E-state index is 0.486. The number of ether oxygens (including phenoxy) is 1. The Morgan fingerprint density at radius 1 is 1.06 bits per heavy atom. The van der Waals surface area contributed by atoms with Crippen molar-refractivity contribution in [1.82, 2.24) is 9.47 Å². The first-order chi connectivity index (χ1) is 15.2. The van der Waals surface area contributed by atoms with E-state index in [4.69, 9.17) is 17.0 Å². The summed E-state index contributed by atoms with van der Waals surface area (Å²) >= 11 is 5.96. The van der Waals surface area contributed by atoms with Crippen molar-refractivity contribution in [3.63, 3.8) is 0 Å². The van der Waals surface area contributed by atoms with E-state index in [1.165, 1.54) is 48.6 Å². The zero-order valence-corrected chi connectivity index (χ0v) is 19.5. The molecule has 31 heavy (non-hydrogen) atoms. The standard InChI is InChI=1S/C26H33N3OS/c1-3-28-18-20(24-12-8-9-13-25(24)28)19-29(22-10-6-5-7-11-22)26(31)27-21-14-16-23(17-15-21)30-4-2/h8-9,12-18,22H,3-7,10-11,19H2,1-2H3,(H,27,31). The van der Waals surface area contributed by atoms with Crippen molar-refractivity contribution in [3.05, 3.63) is 60.3 Å². The Hall–Kier alpha value is -2.53. The van der Waals surface area contributed by atoms with Gasteiger partial charge in [0, 0.05) is 41.9 Å². The first-order valence-corrected chi connectivity index (χ1v) is 12.0. The third kappa shape index (κ3) is 5.04. The number of aromatic nitrogens is 1. The lowest BCUT2D eigenvalue weighted by Crippen LogP contribution is -2.43. The van der Waals surface area contributed by atoms with Crippen LogP contribution < -0.4 is 10.1 Å². The Balaban J connectivity index is 1.58. The lowest BCUT2D eigenvalue weighted by molar-refractivity contribution is 0.241. The lowest BCUT2D eigenvalue weighted by Gasteiger charge is -2.36. The Morgan fingerprint density at radius 2 is 1.81 bits per heavy atom. The van der Waals surface area contributed by atoms with Gasteiger partial charge >= 0.3 is 0 Å². The molecule has 0 radical (unpaired) electrons. The highest BCUT2D eigenvalue weighted by atomic mass is 32.1. The van der Waals surface area contributed by atoms with Crippen molar-refractivity contribution < 1.29 is 4.74 Å².